The minimum absolute atomic E-state index is 0. The van der Waals surface area contributed by atoms with Gasteiger partial charge in [-0.3, -0.25) is 0 Å². The van der Waals surface area contributed by atoms with Crippen molar-refractivity contribution in [3.8, 4) is 11.5 Å². The first-order valence-electron chi connectivity index (χ1n) is 6.17. The molecule has 1 aromatic rings. The van der Waals surface area contributed by atoms with Gasteiger partial charge in [0.2, 0.25) is 0 Å². The van der Waals surface area contributed by atoms with Crippen molar-refractivity contribution < 1.29 is 19.0 Å². The van der Waals surface area contributed by atoms with Crippen LogP contribution in [0.5, 0.6) is 11.5 Å². The van der Waals surface area contributed by atoms with Crippen molar-refractivity contribution >= 4 is 18.4 Å². The van der Waals surface area contributed by atoms with Gasteiger partial charge in [0.15, 0.2) is 17.1 Å². The highest BCUT2D eigenvalue weighted by Gasteiger charge is 2.32. The molecule has 1 aromatic carbocycles. The zero-order valence-electron chi connectivity index (χ0n) is 12.3. The van der Waals surface area contributed by atoms with Crippen LogP contribution in [0.25, 0.3) is 0 Å². The number of rotatable bonds is 6. The highest BCUT2D eigenvalue weighted by Crippen LogP contribution is 2.31. The second kappa shape index (κ2) is 7.97. The Morgan fingerprint density at radius 3 is 2.45 bits per heavy atom. The van der Waals surface area contributed by atoms with Crippen LogP contribution >= 0.6 is 12.4 Å². The quantitative estimate of drug-likeness (QED) is 0.817. The normalized spacial score (nSPS) is 10.4. The lowest BCUT2D eigenvalue weighted by Crippen LogP contribution is -2.39. The summed E-state index contributed by atoms with van der Waals surface area (Å²) in [6, 6.07) is 5.36. The summed E-state index contributed by atoms with van der Waals surface area (Å²) in [5.41, 5.74) is 5.42. The Morgan fingerprint density at radius 2 is 1.95 bits per heavy atom. The largest absolute Gasteiger partial charge is 0.493 e. The molecule has 0 radical (unpaired) electrons. The van der Waals surface area contributed by atoms with E-state index in [-0.39, 0.29) is 12.4 Å². The van der Waals surface area contributed by atoms with Gasteiger partial charge in [-0.05, 0) is 38.5 Å². The fourth-order valence-corrected chi connectivity index (χ4v) is 1.54. The van der Waals surface area contributed by atoms with Crippen molar-refractivity contribution in [1.29, 1.82) is 0 Å². The molecule has 0 saturated carbocycles. The van der Waals surface area contributed by atoms with Crippen LogP contribution in [0.3, 0.4) is 0 Å². The second-order valence-electron chi connectivity index (χ2n) is 4.52. The molecule has 0 aliphatic heterocycles. The first-order chi connectivity index (χ1) is 8.94. The van der Waals surface area contributed by atoms with Crippen molar-refractivity contribution in [2.75, 3.05) is 13.7 Å². The molecule has 20 heavy (non-hydrogen) atoms. The van der Waals surface area contributed by atoms with E-state index in [1.807, 2.05) is 6.07 Å². The molecule has 0 spiro atoms. The predicted octanol–water partition coefficient (Wildman–Crippen LogP) is 2.30. The molecule has 0 unspecified atom stereocenters. The van der Waals surface area contributed by atoms with Gasteiger partial charge in [-0.25, -0.2) is 4.79 Å². The number of benzene rings is 1. The molecular formula is C14H22ClNO4. The number of carbonyl (C=O) groups excluding carboxylic acids is 1. The summed E-state index contributed by atoms with van der Waals surface area (Å²) in [7, 11) is 1.54. The van der Waals surface area contributed by atoms with Crippen LogP contribution in [0.2, 0.25) is 0 Å². The Morgan fingerprint density at radius 1 is 1.30 bits per heavy atom. The number of halogens is 1. The van der Waals surface area contributed by atoms with Crippen LogP contribution in [0.1, 0.15) is 26.3 Å². The van der Waals surface area contributed by atoms with Crippen LogP contribution in [0.15, 0.2) is 18.2 Å². The molecule has 0 heterocycles. The highest BCUT2D eigenvalue weighted by atomic mass is 35.5. The van der Waals surface area contributed by atoms with Gasteiger partial charge in [0.05, 0.1) is 13.7 Å². The lowest BCUT2D eigenvalue weighted by atomic mass is 10.1. The third-order valence-corrected chi connectivity index (χ3v) is 2.60. The van der Waals surface area contributed by atoms with E-state index in [4.69, 9.17) is 19.9 Å². The maximum Gasteiger partial charge on any atom is 0.349 e. The van der Waals surface area contributed by atoms with E-state index in [0.717, 1.165) is 5.56 Å². The van der Waals surface area contributed by atoms with Crippen molar-refractivity contribution in [1.82, 2.24) is 0 Å². The average molecular weight is 304 g/mol. The van der Waals surface area contributed by atoms with E-state index in [0.29, 0.717) is 24.7 Å². The number of nitrogens with two attached hydrogens (primary N) is 1. The summed E-state index contributed by atoms with van der Waals surface area (Å²) in [5, 5.41) is 0. The van der Waals surface area contributed by atoms with E-state index in [1.54, 1.807) is 40.0 Å². The van der Waals surface area contributed by atoms with Crippen LogP contribution in [0.4, 0.5) is 0 Å². The van der Waals surface area contributed by atoms with Crippen molar-refractivity contribution in [3.63, 3.8) is 0 Å². The molecule has 2 N–H and O–H groups in total. The standard InChI is InChI=1S/C14H21NO4.ClH/c1-5-18-13(16)14(2,3)19-11-7-6-10(9-15)8-12(11)17-4;/h6-8H,5,9,15H2,1-4H3;1H. The zero-order valence-corrected chi connectivity index (χ0v) is 13.1. The molecular weight excluding hydrogens is 282 g/mol. The molecule has 0 aliphatic rings. The maximum absolute atomic E-state index is 11.8. The summed E-state index contributed by atoms with van der Waals surface area (Å²) < 4.78 is 15.9. The second-order valence-corrected chi connectivity index (χ2v) is 4.52. The molecule has 0 bridgehead atoms. The minimum atomic E-state index is -1.08. The first-order valence-corrected chi connectivity index (χ1v) is 6.17. The fourth-order valence-electron chi connectivity index (χ4n) is 1.54. The van der Waals surface area contributed by atoms with Gasteiger partial charge in [0.1, 0.15) is 0 Å². The SMILES string of the molecule is CCOC(=O)C(C)(C)Oc1ccc(CN)cc1OC.Cl. The molecule has 0 atom stereocenters. The summed E-state index contributed by atoms with van der Waals surface area (Å²) in [5.74, 6) is 0.609. The predicted molar refractivity (Wildman–Crippen MR) is 79.5 cm³/mol. The Bertz CT molecular complexity index is 449. The van der Waals surface area contributed by atoms with E-state index in [1.165, 1.54) is 0 Å². The van der Waals surface area contributed by atoms with Gasteiger partial charge >= 0.3 is 5.97 Å². The Balaban J connectivity index is 0.00000361. The number of methoxy groups -OCH3 is 1. The van der Waals surface area contributed by atoms with Crippen LogP contribution in [-0.4, -0.2) is 25.3 Å². The summed E-state index contributed by atoms with van der Waals surface area (Å²) >= 11 is 0. The molecule has 0 aliphatic carbocycles. The Hall–Kier alpha value is -1.46. The number of ether oxygens (including phenoxy) is 3. The Kier molecular flexibility index (Phi) is 7.39. The minimum Gasteiger partial charge on any atom is -0.493 e. The van der Waals surface area contributed by atoms with Gasteiger partial charge in [-0.1, -0.05) is 6.07 Å². The lowest BCUT2D eigenvalue weighted by molar-refractivity contribution is -0.158. The van der Waals surface area contributed by atoms with Crippen LogP contribution in [0, 0.1) is 0 Å². The number of hydrogen-bond donors (Lipinski definition) is 1. The van der Waals surface area contributed by atoms with Crippen molar-refractivity contribution in [2.45, 2.75) is 32.9 Å². The van der Waals surface area contributed by atoms with E-state index in [9.17, 15) is 4.79 Å². The summed E-state index contributed by atoms with van der Waals surface area (Å²) in [6.07, 6.45) is 0. The molecule has 5 nitrogen and oxygen atoms in total. The monoisotopic (exact) mass is 303 g/mol. The molecule has 0 amide bonds. The molecule has 114 valence electrons. The topological polar surface area (TPSA) is 70.8 Å². The summed E-state index contributed by atoms with van der Waals surface area (Å²) in [4.78, 5) is 11.8. The summed E-state index contributed by atoms with van der Waals surface area (Å²) in [6.45, 7) is 5.79. The van der Waals surface area contributed by atoms with E-state index < -0.39 is 11.6 Å². The number of hydrogen-bond acceptors (Lipinski definition) is 5. The first kappa shape index (κ1) is 18.5. The van der Waals surface area contributed by atoms with Crippen molar-refractivity contribution in [3.05, 3.63) is 23.8 Å². The fraction of sp³-hybridized carbons (Fsp3) is 0.500. The Labute approximate surface area is 125 Å². The van der Waals surface area contributed by atoms with Gasteiger partial charge < -0.3 is 19.9 Å². The molecule has 0 aromatic heterocycles. The molecule has 6 heteroatoms. The van der Waals surface area contributed by atoms with E-state index in [2.05, 4.69) is 0 Å². The van der Waals surface area contributed by atoms with Gasteiger partial charge in [0, 0.05) is 6.54 Å². The average Bonchev–Trinajstić information content (AvgIpc) is 2.39. The van der Waals surface area contributed by atoms with Crippen LogP contribution < -0.4 is 15.2 Å². The maximum atomic E-state index is 11.8. The third kappa shape index (κ3) is 4.58. The smallest absolute Gasteiger partial charge is 0.349 e. The molecule has 0 saturated heterocycles. The van der Waals surface area contributed by atoms with Crippen molar-refractivity contribution in [2.24, 2.45) is 5.73 Å². The molecule has 1 rings (SSSR count). The zero-order chi connectivity index (χ0) is 14.5. The number of esters is 1. The number of carbonyl (C=O) groups is 1. The van der Waals surface area contributed by atoms with E-state index >= 15 is 0 Å². The highest BCUT2D eigenvalue weighted by molar-refractivity contribution is 5.85. The van der Waals surface area contributed by atoms with Gasteiger partial charge in [-0.2, -0.15) is 0 Å². The van der Waals surface area contributed by atoms with Gasteiger partial charge in [0.25, 0.3) is 0 Å². The lowest BCUT2D eigenvalue weighted by Gasteiger charge is -2.25. The third-order valence-electron chi connectivity index (χ3n) is 2.60. The molecule has 0 fully saturated rings. The van der Waals surface area contributed by atoms with Crippen LogP contribution in [-0.2, 0) is 16.1 Å². The van der Waals surface area contributed by atoms with Gasteiger partial charge in [-0.15, -0.1) is 12.4 Å².